The van der Waals surface area contributed by atoms with E-state index in [4.69, 9.17) is 0 Å². The predicted octanol–water partition coefficient (Wildman–Crippen LogP) is 3.61. The van der Waals surface area contributed by atoms with Crippen LogP contribution in [0.5, 0.6) is 5.75 Å². The lowest BCUT2D eigenvalue weighted by molar-refractivity contribution is -0.387. The van der Waals surface area contributed by atoms with Crippen LogP contribution < -0.4 is 5.32 Å². The van der Waals surface area contributed by atoms with Crippen molar-refractivity contribution >= 4 is 11.4 Å². The number of aromatic hydroxyl groups is 1. The van der Waals surface area contributed by atoms with Gasteiger partial charge >= 0.3 is 5.69 Å². The molecular weight excluding hydrogens is 263 g/mol. The normalized spacial score (nSPS) is 11.9. The number of nitro groups is 1. The molecule has 0 aromatic heterocycles. The van der Waals surface area contributed by atoms with Gasteiger partial charge in [0.25, 0.3) is 0 Å². The van der Waals surface area contributed by atoms with Crippen molar-refractivity contribution in [3.8, 4) is 5.75 Å². The number of nitrogens with one attached hydrogen (secondary N) is 1. The van der Waals surface area contributed by atoms with Crippen molar-refractivity contribution in [2.45, 2.75) is 13.0 Å². The molecule has 0 amide bonds. The Balaban J connectivity index is 2.18. The minimum absolute atomic E-state index is 0.144. The molecule has 0 saturated heterocycles. The summed E-state index contributed by atoms with van der Waals surface area (Å²) in [6.45, 7) is 1.84. The zero-order valence-electron chi connectivity index (χ0n) is 10.7. The molecular formula is C14H13FN2O3. The molecule has 0 heterocycles. The standard InChI is InChI=1S/C14H13FN2O3/c1-9(10-3-2-4-12(18)7-10)16-11-5-6-14(17(19)20)13(15)8-11/h2-9,16,18H,1H3. The molecule has 2 N–H and O–H groups in total. The van der Waals surface area contributed by atoms with E-state index >= 15 is 0 Å². The molecule has 0 saturated carbocycles. The minimum Gasteiger partial charge on any atom is -0.508 e. The molecule has 0 spiro atoms. The van der Waals surface area contributed by atoms with Crippen LogP contribution in [-0.4, -0.2) is 10.0 Å². The first-order chi connectivity index (χ1) is 9.47. The van der Waals surface area contributed by atoms with Crippen LogP contribution >= 0.6 is 0 Å². The molecule has 2 rings (SSSR count). The van der Waals surface area contributed by atoms with Crippen molar-refractivity contribution in [3.63, 3.8) is 0 Å². The second-order valence-corrected chi connectivity index (χ2v) is 4.38. The van der Waals surface area contributed by atoms with Crippen molar-refractivity contribution in [2.24, 2.45) is 0 Å². The Labute approximate surface area is 114 Å². The largest absolute Gasteiger partial charge is 0.508 e. The number of anilines is 1. The van der Waals surface area contributed by atoms with Gasteiger partial charge in [0, 0.05) is 23.9 Å². The number of phenols is 1. The molecule has 20 heavy (non-hydrogen) atoms. The number of nitro benzene ring substituents is 1. The lowest BCUT2D eigenvalue weighted by Crippen LogP contribution is -2.07. The second-order valence-electron chi connectivity index (χ2n) is 4.38. The van der Waals surface area contributed by atoms with E-state index in [1.807, 2.05) is 13.0 Å². The third kappa shape index (κ3) is 3.03. The third-order valence-electron chi connectivity index (χ3n) is 2.90. The number of halogens is 1. The first kappa shape index (κ1) is 13.8. The SMILES string of the molecule is CC(Nc1ccc([N+](=O)[O-])c(F)c1)c1cccc(O)c1. The van der Waals surface area contributed by atoms with Gasteiger partial charge in [-0.25, -0.2) is 0 Å². The van der Waals surface area contributed by atoms with Gasteiger partial charge in [0.15, 0.2) is 0 Å². The first-order valence-corrected chi connectivity index (χ1v) is 5.97. The van der Waals surface area contributed by atoms with E-state index in [0.29, 0.717) is 5.69 Å². The highest BCUT2D eigenvalue weighted by Crippen LogP contribution is 2.25. The molecule has 1 unspecified atom stereocenters. The van der Waals surface area contributed by atoms with Crippen molar-refractivity contribution in [3.05, 3.63) is 64.0 Å². The summed E-state index contributed by atoms with van der Waals surface area (Å²) in [7, 11) is 0. The first-order valence-electron chi connectivity index (χ1n) is 5.97. The number of nitrogens with zero attached hydrogens (tertiary/aromatic N) is 1. The number of hydrogen-bond acceptors (Lipinski definition) is 4. The van der Waals surface area contributed by atoms with Crippen LogP contribution in [0.25, 0.3) is 0 Å². The molecule has 5 nitrogen and oxygen atoms in total. The van der Waals surface area contributed by atoms with Gasteiger partial charge in [-0.3, -0.25) is 10.1 Å². The molecule has 0 bridgehead atoms. The maximum absolute atomic E-state index is 13.5. The van der Waals surface area contributed by atoms with Crippen molar-refractivity contribution in [1.29, 1.82) is 0 Å². The number of benzene rings is 2. The second kappa shape index (κ2) is 5.56. The van der Waals surface area contributed by atoms with Crippen molar-refractivity contribution < 1.29 is 14.4 Å². The van der Waals surface area contributed by atoms with Gasteiger partial charge < -0.3 is 10.4 Å². The fraction of sp³-hybridized carbons (Fsp3) is 0.143. The fourth-order valence-corrected chi connectivity index (χ4v) is 1.87. The zero-order chi connectivity index (χ0) is 14.7. The molecule has 0 aliphatic carbocycles. The van der Waals surface area contributed by atoms with Crippen LogP contribution in [0.4, 0.5) is 15.8 Å². The van der Waals surface area contributed by atoms with Gasteiger partial charge in [-0.15, -0.1) is 0 Å². The van der Waals surface area contributed by atoms with Gasteiger partial charge in [-0.2, -0.15) is 4.39 Å². The lowest BCUT2D eigenvalue weighted by atomic mass is 10.1. The average Bonchev–Trinajstić information content (AvgIpc) is 2.38. The van der Waals surface area contributed by atoms with E-state index in [0.717, 1.165) is 17.7 Å². The number of hydrogen-bond donors (Lipinski definition) is 2. The summed E-state index contributed by atoms with van der Waals surface area (Å²) in [6, 6.07) is 10.1. The molecule has 0 aliphatic rings. The highest BCUT2D eigenvalue weighted by Gasteiger charge is 2.14. The van der Waals surface area contributed by atoms with Crippen LogP contribution in [0.1, 0.15) is 18.5 Å². The monoisotopic (exact) mass is 276 g/mol. The van der Waals surface area contributed by atoms with Gasteiger partial charge in [0.2, 0.25) is 5.82 Å². The summed E-state index contributed by atoms with van der Waals surface area (Å²) >= 11 is 0. The minimum atomic E-state index is -0.886. The summed E-state index contributed by atoms with van der Waals surface area (Å²) in [6.07, 6.45) is 0. The summed E-state index contributed by atoms with van der Waals surface area (Å²) in [5, 5.41) is 23.0. The molecule has 2 aromatic rings. The quantitative estimate of drug-likeness (QED) is 0.660. The Morgan fingerprint density at radius 3 is 2.65 bits per heavy atom. The third-order valence-corrected chi connectivity index (χ3v) is 2.90. The highest BCUT2D eigenvalue weighted by atomic mass is 19.1. The van der Waals surface area contributed by atoms with E-state index in [9.17, 15) is 19.6 Å². The predicted molar refractivity (Wildman–Crippen MR) is 73.2 cm³/mol. The van der Waals surface area contributed by atoms with E-state index in [2.05, 4.69) is 5.32 Å². The van der Waals surface area contributed by atoms with E-state index in [1.165, 1.54) is 6.07 Å². The summed E-state index contributed by atoms with van der Waals surface area (Å²) in [5.74, 6) is -0.742. The van der Waals surface area contributed by atoms with Crippen LogP contribution in [-0.2, 0) is 0 Å². The van der Waals surface area contributed by atoms with Crippen LogP contribution in [0, 0.1) is 15.9 Å². The Bertz CT molecular complexity index is 646. The molecule has 2 aromatic carbocycles. The molecule has 104 valence electrons. The molecule has 1 atom stereocenters. The molecule has 0 fully saturated rings. The van der Waals surface area contributed by atoms with Crippen LogP contribution in [0.2, 0.25) is 0 Å². The number of phenolic OH excluding ortho intramolecular Hbond substituents is 1. The summed E-state index contributed by atoms with van der Waals surface area (Å²) in [5.41, 5.74) is 0.702. The smallest absolute Gasteiger partial charge is 0.304 e. The van der Waals surface area contributed by atoms with Crippen LogP contribution in [0.15, 0.2) is 42.5 Å². The maximum atomic E-state index is 13.5. The fourth-order valence-electron chi connectivity index (χ4n) is 1.87. The maximum Gasteiger partial charge on any atom is 0.304 e. The van der Waals surface area contributed by atoms with Gasteiger partial charge in [0.1, 0.15) is 5.75 Å². The Morgan fingerprint density at radius 2 is 2.05 bits per heavy atom. The topological polar surface area (TPSA) is 75.4 Å². The van der Waals surface area contributed by atoms with E-state index in [1.54, 1.807) is 18.2 Å². The highest BCUT2D eigenvalue weighted by molar-refractivity contribution is 5.51. The zero-order valence-corrected chi connectivity index (χ0v) is 10.7. The molecule has 6 heteroatoms. The Morgan fingerprint density at radius 1 is 1.30 bits per heavy atom. The van der Waals surface area contributed by atoms with E-state index in [-0.39, 0.29) is 11.8 Å². The van der Waals surface area contributed by atoms with Crippen molar-refractivity contribution in [1.82, 2.24) is 0 Å². The van der Waals surface area contributed by atoms with Gasteiger partial charge in [-0.1, -0.05) is 12.1 Å². The Hall–Kier alpha value is -2.63. The summed E-state index contributed by atoms with van der Waals surface area (Å²) < 4.78 is 13.5. The van der Waals surface area contributed by atoms with Gasteiger partial charge in [-0.05, 0) is 30.7 Å². The average molecular weight is 276 g/mol. The van der Waals surface area contributed by atoms with Gasteiger partial charge in [0.05, 0.1) is 4.92 Å². The lowest BCUT2D eigenvalue weighted by Gasteiger charge is -2.16. The molecule has 0 aliphatic heterocycles. The number of rotatable bonds is 4. The van der Waals surface area contributed by atoms with Crippen LogP contribution in [0.3, 0.4) is 0 Å². The molecule has 0 radical (unpaired) electrons. The van der Waals surface area contributed by atoms with E-state index < -0.39 is 16.4 Å². The summed E-state index contributed by atoms with van der Waals surface area (Å²) in [4.78, 5) is 9.77. The Kier molecular flexibility index (Phi) is 3.84. The van der Waals surface area contributed by atoms with Crippen molar-refractivity contribution in [2.75, 3.05) is 5.32 Å².